The summed E-state index contributed by atoms with van der Waals surface area (Å²) in [4.78, 5) is 7.96. The first-order valence-corrected chi connectivity index (χ1v) is 2.95. The quantitative estimate of drug-likeness (QED) is 0.470. The Hall–Kier alpha value is -0.860. The van der Waals surface area contributed by atoms with Gasteiger partial charge in [0.1, 0.15) is 0 Å². The number of hydrogen-bond donors (Lipinski definition) is 0. The van der Waals surface area contributed by atoms with E-state index < -0.39 is 0 Å². The zero-order valence-electron chi connectivity index (χ0n) is 5.66. The summed E-state index contributed by atoms with van der Waals surface area (Å²) in [6.07, 6.45) is 1.85. The zero-order valence-corrected chi connectivity index (χ0v) is 5.66. The molecule has 1 heterocycles. The van der Waals surface area contributed by atoms with Gasteiger partial charge in [0.15, 0.2) is 0 Å². The highest BCUT2D eigenvalue weighted by molar-refractivity contribution is 5.85. The second kappa shape index (κ2) is 2.62. The third-order valence-electron chi connectivity index (χ3n) is 1.14. The Bertz CT molecular complexity index is 151. The number of ether oxygens (including phenoxy) is 1. The molecule has 0 fully saturated rings. The number of methoxy groups -OCH3 is 1. The molecule has 0 aromatic rings. The molecule has 3 nitrogen and oxygen atoms in total. The van der Waals surface area contributed by atoms with Crippen LogP contribution in [-0.4, -0.2) is 25.9 Å². The van der Waals surface area contributed by atoms with Crippen molar-refractivity contribution >= 4 is 12.2 Å². The summed E-state index contributed by atoms with van der Waals surface area (Å²) in [6.45, 7) is 2.87. The van der Waals surface area contributed by atoms with Gasteiger partial charge in [-0.05, 0) is 0 Å². The summed E-state index contributed by atoms with van der Waals surface area (Å²) in [5.74, 6) is 0.462. The van der Waals surface area contributed by atoms with Crippen molar-refractivity contribution in [1.82, 2.24) is 0 Å². The van der Waals surface area contributed by atoms with Crippen LogP contribution in [0.2, 0.25) is 0 Å². The third kappa shape index (κ3) is 1.52. The summed E-state index contributed by atoms with van der Waals surface area (Å²) >= 11 is 0. The molecule has 1 rings (SSSR count). The van der Waals surface area contributed by atoms with Crippen LogP contribution >= 0.6 is 0 Å². The maximum Gasteiger partial charge on any atom is 0.311 e. The topological polar surface area (TPSA) is 34.0 Å². The minimum absolute atomic E-state index is 0.462. The second-order valence-corrected chi connectivity index (χ2v) is 2.08. The number of hydrogen-bond acceptors (Lipinski definition) is 3. The normalized spacial score (nSPS) is 25.6. The average Bonchev–Trinajstić information content (AvgIpc) is 1.90. The molecule has 0 saturated carbocycles. The summed E-state index contributed by atoms with van der Waals surface area (Å²) in [5.41, 5.74) is 0. The van der Waals surface area contributed by atoms with Crippen molar-refractivity contribution in [3.05, 3.63) is 0 Å². The Balaban J connectivity index is 2.52. The van der Waals surface area contributed by atoms with Gasteiger partial charge < -0.3 is 4.74 Å². The van der Waals surface area contributed by atoms with Gasteiger partial charge in [-0.15, -0.1) is 0 Å². The van der Waals surface area contributed by atoms with Crippen molar-refractivity contribution in [2.24, 2.45) is 15.9 Å². The molecule has 0 aromatic heterocycles. The lowest BCUT2D eigenvalue weighted by Crippen LogP contribution is -2.12. The monoisotopic (exact) mass is 126 g/mol. The highest BCUT2D eigenvalue weighted by Crippen LogP contribution is 1.98. The van der Waals surface area contributed by atoms with Crippen molar-refractivity contribution in [2.45, 2.75) is 6.92 Å². The van der Waals surface area contributed by atoms with Gasteiger partial charge >= 0.3 is 6.02 Å². The van der Waals surface area contributed by atoms with Crippen molar-refractivity contribution in [3.8, 4) is 0 Å². The largest absolute Gasteiger partial charge is 0.467 e. The summed E-state index contributed by atoms with van der Waals surface area (Å²) in [7, 11) is 1.58. The van der Waals surface area contributed by atoms with E-state index in [0.717, 1.165) is 6.54 Å². The minimum Gasteiger partial charge on any atom is -0.467 e. The lowest BCUT2D eigenvalue weighted by molar-refractivity contribution is 0.392. The average molecular weight is 126 g/mol. The molecular formula is C6H10N2O. The lowest BCUT2D eigenvalue weighted by atomic mass is 10.2. The molecule has 0 spiro atoms. The Labute approximate surface area is 54.5 Å². The number of rotatable bonds is 0. The molecule has 0 saturated heterocycles. The molecule has 0 aliphatic carbocycles. The van der Waals surface area contributed by atoms with E-state index >= 15 is 0 Å². The van der Waals surface area contributed by atoms with Crippen molar-refractivity contribution < 1.29 is 4.74 Å². The van der Waals surface area contributed by atoms with Crippen LogP contribution in [0.15, 0.2) is 9.98 Å². The van der Waals surface area contributed by atoms with E-state index in [1.165, 1.54) is 0 Å². The highest BCUT2D eigenvalue weighted by Gasteiger charge is 2.04. The van der Waals surface area contributed by atoms with Crippen molar-refractivity contribution in [3.63, 3.8) is 0 Å². The predicted octanol–water partition coefficient (Wildman–Crippen LogP) is 0.709. The summed E-state index contributed by atoms with van der Waals surface area (Å²) < 4.78 is 4.79. The van der Waals surface area contributed by atoms with Crippen LogP contribution in [0.1, 0.15) is 6.92 Å². The molecule has 3 heteroatoms. The van der Waals surface area contributed by atoms with Gasteiger partial charge in [0.25, 0.3) is 0 Å². The van der Waals surface area contributed by atoms with E-state index in [4.69, 9.17) is 4.74 Å². The van der Waals surface area contributed by atoms with Gasteiger partial charge in [0.05, 0.1) is 13.7 Å². The van der Waals surface area contributed by atoms with E-state index in [2.05, 4.69) is 16.9 Å². The van der Waals surface area contributed by atoms with Crippen LogP contribution in [0.5, 0.6) is 0 Å². The Morgan fingerprint density at radius 3 is 3.00 bits per heavy atom. The van der Waals surface area contributed by atoms with Crippen molar-refractivity contribution in [1.29, 1.82) is 0 Å². The van der Waals surface area contributed by atoms with E-state index in [1.54, 1.807) is 7.11 Å². The first-order valence-electron chi connectivity index (χ1n) is 2.95. The molecule has 50 valence electrons. The number of amidine groups is 1. The van der Waals surface area contributed by atoms with Crippen LogP contribution in [0.4, 0.5) is 0 Å². The van der Waals surface area contributed by atoms with Gasteiger partial charge in [-0.25, -0.2) is 9.98 Å². The van der Waals surface area contributed by atoms with Gasteiger partial charge in [0, 0.05) is 12.1 Å². The molecule has 9 heavy (non-hydrogen) atoms. The van der Waals surface area contributed by atoms with Crippen LogP contribution in [0, 0.1) is 5.92 Å². The van der Waals surface area contributed by atoms with Crippen LogP contribution in [-0.2, 0) is 4.74 Å². The summed E-state index contributed by atoms with van der Waals surface area (Å²) in [6, 6.07) is 0.494. The smallest absolute Gasteiger partial charge is 0.311 e. The molecule has 0 bridgehead atoms. The SMILES string of the molecule is COC1=NCC(C)C=N1. The molecule has 0 radical (unpaired) electrons. The van der Waals surface area contributed by atoms with E-state index in [0.29, 0.717) is 11.9 Å². The maximum absolute atomic E-state index is 4.79. The molecule has 0 aromatic carbocycles. The molecule has 1 aliphatic rings. The fourth-order valence-corrected chi connectivity index (χ4v) is 0.618. The molecular weight excluding hydrogens is 116 g/mol. The first-order chi connectivity index (χ1) is 4.33. The molecule has 0 amide bonds. The van der Waals surface area contributed by atoms with Crippen LogP contribution in [0.25, 0.3) is 0 Å². The molecule has 1 unspecified atom stereocenters. The number of nitrogens with zero attached hydrogens (tertiary/aromatic N) is 2. The zero-order chi connectivity index (χ0) is 6.69. The number of aliphatic imine (C=N–C) groups is 2. The second-order valence-electron chi connectivity index (χ2n) is 2.08. The Kier molecular flexibility index (Phi) is 1.82. The maximum atomic E-state index is 4.79. The van der Waals surface area contributed by atoms with Crippen LogP contribution in [0.3, 0.4) is 0 Å². The fraction of sp³-hybridized carbons (Fsp3) is 0.667. The van der Waals surface area contributed by atoms with Gasteiger partial charge in [-0.3, -0.25) is 0 Å². The standard InChI is InChI=1S/C6H10N2O/c1-5-3-7-6(9-2)8-4-5/h3,5H,4H2,1-2H3. The Morgan fingerprint density at radius 2 is 2.56 bits per heavy atom. The minimum atomic E-state index is 0.462. The van der Waals surface area contributed by atoms with Crippen molar-refractivity contribution in [2.75, 3.05) is 13.7 Å². The molecule has 0 N–H and O–H groups in total. The van der Waals surface area contributed by atoms with E-state index in [-0.39, 0.29) is 0 Å². The summed E-state index contributed by atoms with van der Waals surface area (Å²) in [5, 5.41) is 0. The predicted molar refractivity (Wildman–Crippen MR) is 37.0 cm³/mol. The van der Waals surface area contributed by atoms with E-state index in [9.17, 15) is 0 Å². The third-order valence-corrected chi connectivity index (χ3v) is 1.14. The van der Waals surface area contributed by atoms with Gasteiger partial charge in [-0.2, -0.15) is 0 Å². The highest BCUT2D eigenvalue weighted by atomic mass is 16.5. The fourth-order valence-electron chi connectivity index (χ4n) is 0.618. The molecule has 1 aliphatic heterocycles. The molecule has 1 atom stereocenters. The lowest BCUT2D eigenvalue weighted by Gasteiger charge is -2.07. The Morgan fingerprint density at radius 1 is 1.78 bits per heavy atom. The first kappa shape index (κ1) is 6.26. The van der Waals surface area contributed by atoms with Gasteiger partial charge in [-0.1, -0.05) is 6.92 Å². The van der Waals surface area contributed by atoms with Gasteiger partial charge in [0.2, 0.25) is 0 Å². The van der Waals surface area contributed by atoms with E-state index in [1.807, 2.05) is 6.21 Å². The van der Waals surface area contributed by atoms with Crippen LogP contribution < -0.4 is 0 Å².